The number of methoxy groups -OCH3 is 1. The van der Waals surface area contributed by atoms with E-state index in [1.807, 2.05) is 0 Å². The highest BCUT2D eigenvalue weighted by Crippen LogP contribution is 2.28. The summed E-state index contributed by atoms with van der Waals surface area (Å²) in [5, 5.41) is 2.64. The molecule has 2 rings (SSSR count). The number of benzene rings is 2. The van der Waals surface area contributed by atoms with Crippen molar-refractivity contribution in [2.45, 2.75) is 0 Å². The van der Waals surface area contributed by atoms with E-state index in [1.54, 1.807) is 48.5 Å². The molecule has 0 heterocycles. The Morgan fingerprint density at radius 2 is 2.00 bits per heavy atom. The molecular formula is C19H18FNO4. The molecule has 0 spiro atoms. The molecule has 5 nitrogen and oxygen atoms in total. The normalized spacial score (nSPS) is 10.5. The molecule has 130 valence electrons. The number of hydrogen-bond donors (Lipinski definition) is 1. The van der Waals surface area contributed by atoms with Crippen molar-refractivity contribution >= 4 is 24.0 Å². The van der Waals surface area contributed by atoms with Gasteiger partial charge < -0.3 is 14.8 Å². The van der Waals surface area contributed by atoms with E-state index in [0.717, 1.165) is 0 Å². The number of ether oxygens (including phenoxy) is 2. The minimum absolute atomic E-state index is 0.0515. The molecule has 2 aromatic carbocycles. The second-order valence-corrected chi connectivity index (χ2v) is 4.98. The Kier molecular flexibility index (Phi) is 6.71. The monoisotopic (exact) mass is 343 g/mol. The summed E-state index contributed by atoms with van der Waals surface area (Å²) in [6, 6.07) is 11.8. The van der Waals surface area contributed by atoms with Crippen molar-refractivity contribution in [3.63, 3.8) is 0 Å². The molecule has 0 bridgehead atoms. The summed E-state index contributed by atoms with van der Waals surface area (Å²) in [6.07, 6.45) is 3.62. The Bertz CT molecular complexity index is 774. The number of anilines is 1. The number of carbonyl (C=O) groups excluding carboxylic acids is 2. The molecule has 0 aliphatic rings. The van der Waals surface area contributed by atoms with Gasteiger partial charge in [0, 0.05) is 11.6 Å². The van der Waals surface area contributed by atoms with Gasteiger partial charge in [-0.25, -0.2) is 4.39 Å². The molecule has 0 saturated heterocycles. The van der Waals surface area contributed by atoms with Crippen molar-refractivity contribution in [1.29, 1.82) is 0 Å². The summed E-state index contributed by atoms with van der Waals surface area (Å²) in [6.45, 7) is -0.642. The van der Waals surface area contributed by atoms with Crippen molar-refractivity contribution in [1.82, 2.24) is 0 Å². The van der Waals surface area contributed by atoms with Gasteiger partial charge in [0.15, 0.2) is 17.8 Å². The fourth-order valence-corrected chi connectivity index (χ4v) is 2.12. The lowest BCUT2D eigenvalue weighted by Gasteiger charge is -2.10. The van der Waals surface area contributed by atoms with Gasteiger partial charge in [-0.2, -0.15) is 0 Å². The van der Waals surface area contributed by atoms with Crippen LogP contribution >= 0.6 is 0 Å². The van der Waals surface area contributed by atoms with Gasteiger partial charge in [0.25, 0.3) is 0 Å². The van der Waals surface area contributed by atoms with E-state index < -0.39 is 6.67 Å². The number of amides is 1. The fourth-order valence-electron chi connectivity index (χ4n) is 2.12. The molecule has 0 aliphatic carbocycles. The van der Waals surface area contributed by atoms with Crippen LogP contribution in [0.3, 0.4) is 0 Å². The summed E-state index contributed by atoms with van der Waals surface area (Å²) in [4.78, 5) is 23.0. The van der Waals surface area contributed by atoms with E-state index in [1.165, 1.54) is 13.2 Å². The third-order valence-electron chi connectivity index (χ3n) is 3.30. The van der Waals surface area contributed by atoms with Crippen LogP contribution in [0.25, 0.3) is 6.08 Å². The highest BCUT2D eigenvalue weighted by molar-refractivity contribution is 6.04. The average molecular weight is 343 g/mol. The maximum atomic E-state index is 12.2. The number of alkyl halides is 1. The van der Waals surface area contributed by atoms with Gasteiger partial charge in [0.2, 0.25) is 5.91 Å². The number of aldehydes is 1. The number of para-hydroxylation sites is 1. The summed E-state index contributed by atoms with van der Waals surface area (Å²) >= 11 is 0. The van der Waals surface area contributed by atoms with Crippen LogP contribution in [0.1, 0.15) is 15.9 Å². The maximum Gasteiger partial charge on any atom is 0.248 e. The van der Waals surface area contributed by atoms with E-state index in [2.05, 4.69) is 5.32 Å². The zero-order chi connectivity index (χ0) is 18.1. The summed E-state index contributed by atoms with van der Waals surface area (Å²) < 4.78 is 22.6. The molecule has 0 aliphatic heterocycles. The first-order valence-corrected chi connectivity index (χ1v) is 7.58. The zero-order valence-electron chi connectivity index (χ0n) is 13.7. The highest BCUT2D eigenvalue weighted by Gasteiger charge is 2.06. The lowest BCUT2D eigenvalue weighted by molar-refractivity contribution is -0.111. The van der Waals surface area contributed by atoms with E-state index >= 15 is 0 Å². The Morgan fingerprint density at radius 3 is 2.72 bits per heavy atom. The van der Waals surface area contributed by atoms with E-state index in [-0.39, 0.29) is 12.5 Å². The van der Waals surface area contributed by atoms with Crippen LogP contribution < -0.4 is 14.8 Å². The van der Waals surface area contributed by atoms with Crippen molar-refractivity contribution < 1.29 is 23.5 Å². The fraction of sp³-hybridized carbons (Fsp3) is 0.158. The lowest BCUT2D eigenvalue weighted by atomic mass is 10.1. The van der Waals surface area contributed by atoms with Gasteiger partial charge in [-0.3, -0.25) is 9.59 Å². The highest BCUT2D eigenvalue weighted by atomic mass is 19.1. The summed E-state index contributed by atoms with van der Waals surface area (Å²) in [7, 11) is 1.48. The standard InChI is InChI=1S/C19H18FNO4/c1-24-18-12-14(6-8-17(18)25-11-10-20)7-9-19(23)21-16-5-3-2-4-15(16)13-22/h2-9,12-13H,10-11H2,1H3,(H,21,23)/b9-7+. The van der Waals surface area contributed by atoms with Crippen LogP contribution in [0, 0.1) is 0 Å². The molecular weight excluding hydrogens is 325 g/mol. The van der Waals surface area contributed by atoms with Crippen molar-refractivity contribution in [2.75, 3.05) is 25.7 Å². The van der Waals surface area contributed by atoms with Gasteiger partial charge in [-0.05, 0) is 35.9 Å². The number of rotatable bonds is 8. The second-order valence-electron chi connectivity index (χ2n) is 4.98. The number of hydrogen-bond acceptors (Lipinski definition) is 4. The van der Waals surface area contributed by atoms with Crippen LogP contribution in [0.5, 0.6) is 11.5 Å². The van der Waals surface area contributed by atoms with Crippen molar-refractivity contribution in [3.8, 4) is 11.5 Å². The summed E-state index contributed by atoms with van der Waals surface area (Å²) in [5.41, 5.74) is 1.56. The predicted octanol–water partition coefficient (Wildman–Crippen LogP) is 3.51. The van der Waals surface area contributed by atoms with E-state index in [9.17, 15) is 14.0 Å². The van der Waals surface area contributed by atoms with E-state index in [0.29, 0.717) is 34.6 Å². The summed E-state index contributed by atoms with van der Waals surface area (Å²) in [5.74, 6) is 0.509. The molecule has 2 aromatic rings. The van der Waals surface area contributed by atoms with Crippen LogP contribution in [0.4, 0.5) is 10.1 Å². The largest absolute Gasteiger partial charge is 0.493 e. The first-order chi connectivity index (χ1) is 12.2. The number of carbonyl (C=O) groups is 2. The Balaban J connectivity index is 2.07. The molecule has 0 aromatic heterocycles. The smallest absolute Gasteiger partial charge is 0.248 e. The lowest BCUT2D eigenvalue weighted by Crippen LogP contribution is -2.09. The third-order valence-corrected chi connectivity index (χ3v) is 3.30. The first-order valence-electron chi connectivity index (χ1n) is 7.58. The zero-order valence-corrected chi connectivity index (χ0v) is 13.7. The molecule has 0 atom stereocenters. The van der Waals surface area contributed by atoms with Gasteiger partial charge >= 0.3 is 0 Å². The van der Waals surface area contributed by atoms with Gasteiger partial charge in [-0.1, -0.05) is 18.2 Å². The molecule has 0 unspecified atom stereocenters. The topological polar surface area (TPSA) is 64.6 Å². The van der Waals surface area contributed by atoms with Crippen molar-refractivity contribution in [3.05, 3.63) is 59.7 Å². The average Bonchev–Trinajstić information content (AvgIpc) is 2.65. The Hall–Kier alpha value is -3.15. The molecule has 0 radical (unpaired) electrons. The number of nitrogens with one attached hydrogen (secondary N) is 1. The number of halogens is 1. The van der Waals surface area contributed by atoms with Crippen molar-refractivity contribution in [2.24, 2.45) is 0 Å². The Labute approximate surface area is 145 Å². The maximum absolute atomic E-state index is 12.2. The van der Waals surface area contributed by atoms with Crippen LogP contribution in [-0.4, -0.2) is 32.6 Å². The third kappa shape index (κ3) is 5.17. The van der Waals surface area contributed by atoms with Gasteiger partial charge in [0.05, 0.1) is 12.8 Å². The van der Waals surface area contributed by atoms with Gasteiger partial charge in [0.1, 0.15) is 13.3 Å². The molecule has 0 saturated carbocycles. The predicted molar refractivity (Wildman–Crippen MR) is 94.0 cm³/mol. The molecule has 0 fully saturated rings. The second kappa shape index (κ2) is 9.22. The molecule has 25 heavy (non-hydrogen) atoms. The van der Waals surface area contributed by atoms with Crippen LogP contribution in [-0.2, 0) is 4.79 Å². The molecule has 6 heteroatoms. The molecule has 1 amide bonds. The van der Waals surface area contributed by atoms with E-state index in [4.69, 9.17) is 9.47 Å². The SMILES string of the molecule is COc1cc(/C=C/C(=O)Nc2ccccc2C=O)ccc1OCCF. The van der Waals surface area contributed by atoms with Crippen LogP contribution in [0.15, 0.2) is 48.5 Å². The minimum atomic E-state index is -0.590. The molecule has 1 N–H and O–H groups in total. The first kappa shape index (κ1) is 18.2. The quantitative estimate of drug-likeness (QED) is 0.588. The van der Waals surface area contributed by atoms with Crippen LogP contribution in [0.2, 0.25) is 0 Å². The van der Waals surface area contributed by atoms with Gasteiger partial charge in [-0.15, -0.1) is 0 Å². The minimum Gasteiger partial charge on any atom is -0.493 e. The Morgan fingerprint density at radius 1 is 1.20 bits per heavy atom.